The van der Waals surface area contributed by atoms with E-state index in [2.05, 4.69) is 9.46 Å². The third-order valence-corrected chi connectivity index (χ3v) is 3.39. The number of nitriles is 1. The van der Waals surface area contributed by atoms with Crippen molar-refractivity contribution in [3.63, 3.8) is 0 Å². The number of rotatable bonds is 5. The van der Waals surface area contributed by atoms with E-state index >= 15 is 0 Å². The number of carbonyl (C=O) groups is 1. The molecule has 0 bridgehead atoms. The minimum absolute atomic E-state index is 0.199. The highest BCUT2D eigenvalue weighted by atomic mass is 32.2. The number of hydrogen-bond donors (Lipinski definition) is 1. The highest BCUT2D eigenvalue weighted by Crippen LogP contribution is 2.15. The maximum absolute atomic E-state index is 11.7. The molecule has 0 aliphatic rings. The predicted octanol–water partition coefficient (Wildman–Crippen LogP) is 0.863. The van der Waals surface area contributed by atoms with Crippen molar-refractivity contribution in [1.29, 1.82) is 5.26 Å². The number of methoxy groups -OCH3 is 1. The van der Waals surface area contributed by atoms with Crippen molar-refractivity contribution in [1.82, 2.24) is 0 Å². The lowest BCUT2D eigenvalue weighted by Crippen LogP contribution is -2.20. The van der Waals surface area contributed by atoms with Crippen LogP contribution in [0.2, 0.25) is 0 Å². The van der Waals surface area contributed by atoms with Crippen LogP contribution < -0.4 is 4.72 Å². The fourth-order valence-corrected chi connectivity index (χ4v) is 2.26. The van der Waals surface area contributed by atoms with E-state index in [0.717, 1.165) is 0 Å². The summed E-state index contributed by atoms with van der Waals surface area (Å²) >= 11 is 0. The molecule has 0 atom stereocenters. The summed E-state index contributed by atoms with van der Waals surface area (Å²) in [7, 11) is -2.49. The minimum Gasteiger partial charge on any atom is -0.469 e. The summed E-state index contributed by atoms with van der Waals surface area (Å²) in [4.78, 5) is 10.9. The van der Waals surface area contributed by atoms with E-state index in [1.165, 1.54) is 19.2 Å². The first-order valence-corrected chi connectivity index (χ1v) is 6.70. The summed E-state index contributed by atoms with van der Waals surface area (Å²) in [6, 6.07) is 8.09. The largest absolute Gasteiger partial charge is 0.469 e. The number of carbonyl (C=O) groups excluding carboxylic acids is 1. The molecule has 18 heavy (non-hydrogen) atoms. The van der Waals surface area contributed by atoms with E-state index in [1.807, 2.05) is 6.07 Å². The molecule has 0 saturated carbocycles. The first-order valence-electron chi connectivity index (χ1n) is 5.05. The first-order chi connectivity index (χ1) is 8.48. The Morgan fingerprint density at radius 1 is 1.44 bits per heavy atom. The zero-order valence-corrected chi connectivity index (χ0v) is 10.5. The van der Waals surface area contributed by atoms with Gasteiger partial charge in [-0.05, 0) is 12.1 Å². The van der Waals surface area contributed by atoms with E-state index in [-0.39, 0.29) is 23.4 Å². The number of nitrogens with one attached hydrogen (secondary N) is 1. The van der Waals surface area contributed by atoms with Crippen LogP contribution in [0.15, 0.2) is 24.3 Å². The van der Waals surface area contributed by atoms with Crippen LogP contribution in [0.5, 0.6) is 0 Å². The maximum Gasteiger partial charge on any atom is 0.306 e. The Balaban J connectivity index is 2.77. The van der Waals surface area contributed by atoms with Gasteiger partial charge in [0.1, 0.15) is 6.07 Å². The molecule has 0 fully saturated rings. The van der Waals surface area contributed by atoms with Crippen LogP contribution in [-0.2, 0) is 19.6 Å². The van der Waals surface area contributed by atoms with Gasteiger partial charge in [-0.3, -0.25) is 9.52 Å². The molecule has 7 heteroatoms. The Kier molecular flexibility index (Phi) is 4.68. The molecule has 1 N–H and O–H groups in total. The SMILES string of the molecule is COC(=O)CCS(=O)(=O)Nc1ccccc1C#N. The first kappa shape index (κ1) is 14.0. The van der Waals surface area contributed by atoms with Crippen LogP contribution >= 0.6 is 0 Å². The number of sulfonamides is 1. The van der Waals surface area contributed by atoms with Gasteiger partial charge >= 0.3 is 5.97 Å². The summed E-state index contributed by atoms with van der Waals surface area (Å²) in [5.41, 5.74) is 0.420. The molecule has 1 aromatic rings. The van der Waals surface area contributed by atoms with Crippen molar-refractivity contribution in [2.45, 2.75) is 6.42 Å². The lowest BCUT2D eigenvalue weighted by molar-refractivity contribution is -0.140. The second-order valence-corrected chi connectivity index (χ2v) is 5.25. The van der Waals surface area contributed by atoms with Crippen molar-refractivity contribution >= 4 is 21.7 Å². The number of ether oxygens (including phenoxy) is 1. The Morgan fingerprint density at radius 3 is 2.72 bits per heavy atom. The Bertz CT molecular complexity index is 575. The second kappa shape index (κ2) is 6.02. The molecule has 0 aromatic heterocycles. The lowest BCUT2D eigenvalue weighted by Gasteiger charge is -2.08. The van der Waals surface area contributed by atoms with Crippen LogP contribution in [0.3, 0.4) is 0 Å². The number of anilines is 1. The molecule has 1 rings (SSSR count). The van der Waals surface area contributed by atoms with Gasteiger partial charge in [-0.1, -0.05) is 12.1 Å². The highest BCUT2D eigenvalue weighted by Gasteiger charge is 2.15. The minimum atomic E-state index is -3.67. The van der Waals surface area contributed by atoms with Gasteiger partial charge in [0.2, 0.25) is 10.0 Å². The highest BCUT2D eigenvalue weighted by molar-refractivity contribution is 7.92. The molecule has 0 aliphatic carbocycles. The summed E-state index contributed by atoms with van der Waals surface area (Å²) in [6.45, 7) is 0. The molecule has 0 unspecified atom stereocenters. The smallest absolute Gasteiger partial charge is 0.306 e. The van der Waals surface area contributed by atoms with E-state index in [1.54, 1.807) is 12.1 Å². The Labute approximate surface area is 105 Å². The molecule has 96 valence electrons. The molecule has 0 heterocycles. The van der Waals surface area contributed by atoms with Gasteiger partial charge < -0.3 is 4.74 Å². The van der Waals surface area contributed by atoms with Gasteiger partial charge in [0.25, 0.3) is 0 Å². The van der Waals surface area contributed by atoms with Crippen LogP contribution in [0.25, 0.3) is 0 Å². The monoisotopic (exact) mass is 268 g/mol. The van der Waals surface area contributed by atoms with Crippen LogP contribution in [0.1, 0.15) is 12.0 Å². The quantitative estimate of drug-likeness (QED) is 0.799. The number of hydrogen-bond acceptors (Lipinski definition) is 5. The van der Waals surface area contributed by atoms with Crippen molar-refractivity contribution in [3.05, 3.63) is 29.8 Å². The number of para-hydroxylation sites is 1. The van der Waals surface area contributed by atoms with Crippen molar-refractivity contribution in [3.8, 4) is 6.07 Å². The van der Waals surface area contributed by atoms with Gasteiger partial charge in [-0.2, -0.15) is 5.26 Å². The predicted molar refractivity (Wildman–Crippen MR) is 65.2 cm³/mol. The zero-order valence-electron chi connectivity index (χ0n) is 9.71. The maximum atomic E-state index is 11.7. The van der Waals surface area contributed by atoms with E-state index in [9.17, 15) is 13.2 Å². The summed E-state index contributed by atoms with van der Waals surface area (Å²) in [5, 5.41) is 8.81. The molecular formula is C11H12N2O4S. The zero-order chi connectivity index (χ0) is 13.6. The third-order valence-electron chi connectivity index (χ3n) is 2.12. The molecule has 0 radical (unpaired) electrons. The average Bonchev–Trinajstić information content (AvgIpc) is 2.36. The van der Waals surface area contributed by atoms with Gasteiger partial charge in [0, 0.05) is 0 Å². The molecular weight excluding hydrogens is 256 g/mol. The molecule has 0 spiro atoms. The number of esters is 1. The summed E-state index contributed by atoms with van der Waals surface area (Å²) in [5.74, 6) is -0.992. The topological polar surface area (TPSA) is 96.3 Å². The fourth-order valence-electron chi connectivity index (χ4n) is 1.21. The van der Waals surface area contributed by atoms with E-state index < -0.39 is 16.0 Å². The average molecular weight is 268 g/mol. The third kappa shape index (κ3) is 4.07. The van der Waals surface area contributed by atoms with E-state index in [0.29, 0.717) is 0 Å². The van der Waals surface area contributed by atoms with Crippen LogP contribution in [-0.4, -0.2) is 27.2 Å². The Morgan fingerprint density at radius 2 is 2.11 bits per heavy atom. The van der Waals surface area contributed by atoms with Crippen molar-refractivity contribution in [2.24, 2.45) is 0 Å². The molecule has 0 saturated heterocycles. The Hall–Kier alpha value is -2.07. The lowest BCUT2D eigenvalue weighted by atomic mass is 10.2. The van der Waals surface area contributed by atoms with Gasteiger partial charge in [0.05, 0.1) is 30.5 Å². The number of benzene rings is 1. The van der Waals surface area contributed by atoms with Crippen molar-refractivity contribution < 1.29 is 17.9 Å². The van der Waals surface area contributed by atoms with Gasteiger partial charge in [-0.25, -0.2) is 8.42 Å². The normalized spacial score (nSPS) is 10.4. The molecule has 1 aromatic carbocycles. The van der Waals surface area contributed by atoms with Crippen molar-refractivity contribution in [2.75, 3.05) is 17.6 Å². The fraction of sp³-hybridized carbons (Fsp3) is 0.273. The van der Waals surface area contributed by atoms with Crippen LogP contribution in [0, 0.1) is 11.3 Å². The number of nitrogens with zero attached hydrogens (tertiary/aromatic N) is 1. The standard InChI is InChI=1S/C11H12N2O4S/c1-17-11(14)6-7-18(15,16)13-10-5-3-2-4-9(10)8-12/h2-5,13H,6-7H2,1H3. The van der Waals surface area contributed by atoms with E-state index in [4.69, 9.17) is 5.26 Å². The molecule has 0 amide bonds. The molecule has 0 aliphatic heterocycles. The summed E-state index contributed by atoms with van der Waals surface area (Å²) in [6.07, 6.45) is -0.236. The second-order valence-electron chi connectivity index (χ2n) is 3.40. The summed E-state index contributed by atoms with van der Waals surface area (Å²) < 4.78 is 29.9. The van der Waals surface area contributed by atoms with Gasteiger partial charge in [-0.15, -0.1) is 0 Å². The molecule has 6 nitrogen and oxygen atoms in total. The van der Waals surface area contributed by atoms with Gasteiger partial charge in [0.15, 0.2) is 0 Å². The van der Waals surface area contributed by atoms with Crippen LogP contribution in [0.4, 0.5) is 5.69 Å².